The lowest BCUT2D eigenvalue weighted by atomic mass is 10.5. The van der Waals surface area contributed by atoms with Gasteiger partial charge >= 0.3 is 5.97 Å². The van der Waals surface area contributed by atoms with Gasteiger partial charge in [-0.3, -0.25) is 4.79 Å². The summed E-state index contributed by atoms with van der Waals surface area (Å²) in [5, 5.41) is 6.15. The number of thiazole rings is 1. The fraction of sp³-hybridized carbons (Fsp3) is 0.500. The van der Waals surface area contributed by atoms with Crippen molar-refractivity contribution < 1.29 is 14.3 Å². The summed E-state index contributed by atoms with van der Waals surface area (Å²) in [4.78, 5) is 26.9. The predicted octanol–water partition coefficient (Wildman–Crippen LogP) is 1.27. The summed E-state index contributed by atoms with van der Waals surface area (Å²) in [7, 11) is 1.27. The number of esters is 1. The molecule has 0 bridgehead atoms. The minimum Gasteiger partial charge on any atom is -0.465 e. The Balaban J connectivity index is 1.88. The number of carbonyl (C=O) groups is 2. The molecule has 2 rings (SSSR count). The summed E-state index contributed by atoms with van der Waals surface area (Å²) < 4.78 is 4.56. The lowest BCUT2D eigenvalue weighted by Crippen LogP contribution is -2.31. The summed E-state index contributed by atoms with van der Waals surface area (Å²) in [6.07, 6.45) is 2.09. The highest BCUT2D eigenvalue weighted by atomic mass is 35.5. The number of carbonyl (C=O) groups excluding carboxylic acids is 2. The van der Waals surface area contributed by atoms with Gasteiger partial charge in [-0.25, -0.2) is 9.78 Å². The molecule has 1 heterocycles. The Morgan fingerprint density at radius 1 is 1.56 bits per heavy atom. The largest absolute Gasteiger partial charge is 0.465 e. The van der Waals surface area contributed by atoms with Crippen molar-refractivity contribution in [2.45, 2.75) is 18.9 Å². The third kappa shape index (κ3) is 3.33. The maximum atomic E-state index is 11.4. The molecule has 18 heavy (non-hydrogen) atoms. The maximum Gasteiger partial charge on any atom is 0.351 e. The van der Waals surface area contributed by atoms with Crippen LogP contribution in [0.25, 0.3) is 0 Å². The fourth-order valence-electron chi connectivity index (χ4n) is 1.26. The van der Waals surface area contributed by atoms with Crippen LogP contribution in [0.5, 0.6) is 0 Å². The molecule has 1 aromatic heterocycles. The van der Waals surface area contributed by atoms with E-state index in [1.807, 2.05) is 0 Å². The van der Waals surface area contributed by atoms with Gasteiger partial charge in [0.2, 0.25) is 5.91 Å². The number of amides is 1. The molecular formula is C10H12ClN3O3S. The van der Waals surface area contributed by atoms with Gasteiger partial charge in [-0.15, -0.1) is 0 Å². The van der Waals surface area contributed by atoms with Crippen molar-refractivity contribution in [2.75, 3.05) is 19.0 Å². The summed E-state index contributed by atoms with van der Waals surface area (Å²) in [6, 6.07) is 0.324. The first kappa shape index (κ1) is 13.1. The van der Waals surface area contributed by atoms with Crippen molar-refractivity contribution >= 4 is 39.9 Å². The van der Waals surface area contributed by atoms with Gasteiger partial charge < -0.3 is 15.4 Å². The first-order chi connectivity index (χ1) is 8.60. The summed E-state index contributed by atoms with van der Waals surface area (Å²) in [5.74, 6) is -0.628. The molecular weight excluding hydrogens is 278 g/mol. The smallest absolute Gasteiger partial charge is 0.351 e. The number of rotatable bonds is 5. The van der Waals surface area contributed by atoms with Gasteiger partial charge in [0, 0.05) is 6.04 Å². The first-order valence-electron chi connectivity index (χ1n) is 5.38. The second kappa shape index (κ2) is 5.53. The van der Waals surface area contributed by atoms with E-state index in [0.717, 1.165) is 24.2 Å². The van der Waals surface area contributed by atoms with E-state index in [-0.39, 0.29) is 22.5 Å². The van der Waals surface area contributed by atoms with Crippen LogP contribution in [0.15, 0.2) is 0 Å². The maximum absolute atomic E-state index is 11.4. The van der Waals surface area contributed by atoms with Crippen LogP contribution in [0.4, 0.5) is 5.13 Å². The zero-order valence-corrected chi connectivity index (χ0v) is 11.2. The highest BCUT2D eigenvalue weighted by molar-refractivity contribution is 7.18. The number of anilines is 1. The minimum absolute atomic E-state index is 0.0805. The minimum atomic E-state index is -0.534. The lowest BCUT2D eigenvalue weighted by molar-refractivity contribution is -0.119. The van der Waals surface area contributed by atoms with Crippen LogP contribution >= 0.6 is 22.9 Å². The molecule has 98 valence electrons. The van der Waals surface area contributed by atoms with E-state index in [0.29, 0.717) is 11.2 Å². The molecule has 8 heteroatoms. The quantitative estimate of drug-likeness (QED) is 0.798. The highest BCUT2D eigenvalue weighted by Gasteiger charge is 2.23. The number of ether oxygens (including phenoxy) is 1. The molecule has 1 amide bonds. The summed E-state index contributed by atoms with van der Waals surface area (Å²) >= 11 is 6.85. The molecule has 1 saturated carbocycles. The van der Waals surface area contributed by atoms with Crippen LogP contribution < -0.4 is 10.6 Å². The molecule has 0 aliphatic heterocycles. The Labute approximate surface area is 113 Å². The van der Waals surface area contributed by atoms with Gasteiger partial charge in [-0.05, 0) is 12.8 Å². The Morgan fingerprint density at radius 2 is 2.28 bits per heavy atom. The Morgan fingerprint density at radius 3 is 2.89 bits per heavy atom. The third-order valence-corrected chi connectivity index (χ3v) is 3.68. The second-order valence-corrected chi connectivity index (χ2v) is 5.18. The van der Waals surface area contributed by atoms with Crippen molar-refractivity contribution in [3.63, 3.8) is 0 Å². The molecule has 1 aromatic rings. The number of nitrogens with zero attached hydrogens (tertiary/aromatic N) is 1. The van der Waals surface area contributed by atoms with E-state index in [1.54, 1.807) is 0 Å². The van der Waals surface area contributed by atoms with Crippen molar-refractivity contribution in [3.05, 3.63) is 10.0 Å². The zero-order valence-electron chi connectivity index (χ0n) is 9.66. The van der Waals surface area contributed by atoms with Gasteiger partial charge in [-0.1, -0.05) is 22.9 Å². The van der Waals surface area contributed by atoms with Crippen molar-refractivity contribution in [1.29, 1.82) is 0 Å². The van der Waals surface area contributed by atoms with E-state index >= 15 is 0 Å². The van der Waals surface area contributed by atoms with Crippen LogP contribution in [-0.2, 0) is 9.53 Å². The van der Waals surface area contributed by atoms with Crippen molar-refractivity contribution in [2.24, 2.45) is 0 Å². The molecule has 1 aliphatic carbocycles. The van der Waals surface area contributed by atoms with Gasteiger partial charge in [0.15, 0.2) is 15.2 Å². The molecule has 0 radical (unpaired) electrons. The summed E-state index contributed by atoms with van der Waals surface area (Å²) in [5.41, 5.74) is 0. The highest BCUT2D eigenvalue weighted by Crippen LogP contribution is 2.27. The topological polar surface area (TPSA) is 80.3 Å². The number of hydrogen-bond donors (Lipinski definition) is 2. The number of aromatic nitrogens is 1. The van der Waals surface area contributed by atoms with Crippen molar-refractivity contribution in [3.8, 4) is 0 Å². The molecule has 0 spiro atoms. The normalized spacial score (nSPS) is 14.1. The average molecular weight is 290 g/mol. The fourth-order valence-corrected chi connectivity index (χ4v) is 2.36. The zero-order chi connectivity index (χ0) is 13.1. The van der Waals surface area contributed by atoms with E-state index in [4.69, 9.17) is 11.6 Å². The van der Waals surface area contributed by atoms with Crippen LogP contribution in [0.2, 0.25) is 5.15 Å². The molecule has 1 fully saturated rings. The molecule has 1 aliphatic rings. The number of nitrogens with one attached hydrogen (secondary N) is 2. The van der Waals surface area contributed by atoms with E-state index in [2.05, 4.69) is 20.4 Å². The molecule has 6 nitrogen and oxygen atoms in total. The van der Waals surface area contributed by atoms with Crippen LogP contribution in [0, 0.1) is 0 Å². The van der Waals surface area contributed by atoms with Crippen LogP contribution in [-0.4, -0.2) is 36.6 Å². The van der Waals surface area contributed by atoms with E-state index < -0.39 is 5.97 Å². The number of halogens is 1. The lowest BCUT2D eigenvalue weighted by Gasteiger charge is -2.03. The van der Waals surface area contributed by atoms with Gasteiger partial charge in [0.25, 0.3) is 0 Å². The Hall–Kier alpha value is -1.34. The summed E-state index contributed by atoms with van der Waals surface area (Å²) in [6.45, 7) is 0.112. The van der Waals surface area contributed by atoms with E-state index in [1.165, 1.54) is 7.11 Å². The second-order valence-electron chi connectivity index (χ2n) is 3.83. The van der Waals surface area contributed by atoms with Gasteiger partial charge in [0.1, 0.15) is 0 Å². The average Bonchev–Trinajstić information content (AvgIpc) is 3.07. The molecule has 2 N–H and O–H groups in total. The molecule has 0 aromatic carbocycles. The number of methoxy groups -OCH3 is 1. The van der Waals surface area contributed by atoms with Gasteiger partial charge in [-0.2, -0.15) is 0 Å². The Bertz CT molecular complexity index is 473. The number of hydrogen-bond acceptors (Lipinski definition) is 6. The standard InChI is InChI=1S/C10H12ClN3O3S/c1-17-9(16)7-8(11)14-10(18-7)12-4-6(15)13-5-2-3-5/h5H,2-4H2,1H3,(H,12,14)(H,13,15). The molecule has 0 atom stereocenters. The molecule has 0 unspecified atom stereocenters. The third-order valence-electron chi connectivity index (χ3n) is 2.30. The monoisotopic (exact) mass is 289 g/mol. The van der Waals surface area contributed by atoms with Crippen molar-refractivity contribution in [1.82, 2.24) is 10.3 Å². The first-order valence-corrected chi connectivity index (χ1v) is 6.57. The van der Waals surface area contributed by atoms with Crippen LogP contribution in [0.1, 0.15) is 22.5 Å². The Kier molecular flexibility index (Phi) is 4.03. The predicted molar refractivity (Wildman–Crippen MR) is 68.1 cm³/mol. The SMILES string of the molecule is COC(=O)c1sc(NCC(=O)NC2CC2)nc1Cl. The van der Waals surface area contributed by atoms with Gasteiger partial charge in [0.05, 0.1) is 13.7 Å². The van der Waals surface area contributed by atoms with E-state index in [9.17, 15) is 9.59 Å². The molecule has 0 saturated heterocycles. The van der Waals surface area contributed by atoms with Crippen LogP contribution in [0.3, 0.4) is 0 Å².